The fourth-order valence-electron chi connectivity index (χ4n) is 2.29. The van der Waals surface area contributed by atoms with E-state index in [4.69, 9.17) is 4.74 Å². The van der Waals surface area contributed by atoms with Crippen LogP contribution in [0.15, 0.2) is 11.6 Å². The van der Waals surface area contributed by atoms with E-state index in [0.29, 0.717) is 0 Å². The second kappa shape index (κ2) is 2.63. The minimum atomic E-state index is 0.183. The van der Waals surface area contributed by atoms with Gasteiger partial charge in [-0.1, -0.05) is 11.6 Å². The maximum atomic E-state index is 5.78. The van der Waals surface area contributed by atoms with Gasteiger partial charge in [0.05, 0.1) is 5.60 Å². The van der Waals surface area contributed by atoms with Crippen molar-refractivity contribution >= 4 is 0 Å². The summed E-state index contributed by atoms with van der Waals surface area (Å²) in [5.74, 6) is 0. The number of rotatable bonds is 0. The fourth-order valence-corrected chi connectivity index (χ4v) is 2.29. The highest BCUT2D eigenvalue weighted by molar-refractivity contribution is 5.14. The molecule has 2 rings (SSSR count). The van der Waals surface area contributed by atoms with Gasteiger partial charge in [-0.25, -0.2) is 0 Å². The lowest BCUT2D eigenvalue weighted by Crippen LogP contribution is -2.27. The molecular formula is C10H16O. The second-order valence-corrected chi connectivity index (χ2v) is 3.86. The van der Waals surface area contributed by atoms with Crippen LogP contribution in [0.4, 0.5) is 0 Å². The van der Waals surface area contributed by atoms with E-state index in [9.17, 15) is 0 Å². The molecule has 1 unspecified atom stereocenters. The summed E-state index contributed by atoms with van der Waals surface area (Å²) in [5, 5.41) is 0. The van der Waals surface area contributed by atoms with E-state index in [1.165, 1.54) is 37.7 Å². The first kappa shape index (κ1) is 7.35. The van der Waals surface area contributed by atoms with Crippen molar-refractivity contribution in [2.24, 2.45) is 0 Å². The van der Waals surface area contributed by atoms with Crippen molar-refractivity contribution in [1.29, 1.82) is 0 Å². The van der Waals surface area contributed by atoms with Crippen LogP contribution in [-0.4, -0.2) is 12.2 Å². The zero-order chi connectivity index (χ0) is 7.73. The molecule has 0 radical (unpaired) electrons. The summed E-state index contributed by atoms with van der Waals surface area (Å²) in [6.07, 6.45) is 8.73. The molecule has 0 bridgehead atoms. The number of hydrogen-bond acceptors (Lipinski definition) is 1. The number of ether oxygens (including phenoxy) is 1. The maximum absolute atomic E-state index is 5.78. The van der Waals surface area contributed by atoms with E-state index in [-0.39, 0.29) is 5.60 Å². The second-order valence-electron chi connectivity index (χ2n) is 3.86. The molecule has 11 heavy (non-hydrogen) atoms. The monoisotopic (exact) mass is 152 g/mol. The molecule has 0 amide bonds. The van der Waals surface area contributed by atoms with Crippen molar-refractivity contribution in [3.8, 4) is 0 Å². The predicted molar refractivity (Wildman–Crippen MR) is 45.5 cm³/mol. The molecule has 1 atom stereocenters. The molecule has 0 aromatic rings. The summed E-state index contributed by atoms with van der Waals surface area (Å²) in [4.78, 5) is 0. The highest BCUT2D eigenvalue weighted by atomic mass is 16.5. The quantitative estimate of drug-likeness (QED) is 0.485. The molecule has 0 N–H and O–H groups in total. The van der Waals surface area contributed by atoms with Crippen LogP contribution in [0.5, 0.6) is 0 Å². The molecule has 2 aliphatic rings. The summed E-state index contributed by atoms with van der Waals surface area (Å²) in [5.41, 5.74) is 1.71. The fraction of sp³-hybridized carbons (Fsp3) is 0.800. The van der Waals surface area contributed by atoms with Crippen LogP contribution < -0.4 is 0 Å². The van der Waals surface area contributed by atoms with Gasteiger partial charge in [-0.3, -0.25) is 0 Å². The van der Waals surface area contributed by atoms with Gasteiger partial charge in [-0.15, -0.1) is 0 Å². The van der Waals surface area contributed by atoms with Crippen LogP contribution >= 0.6 is 0 Å². The van der Waals surface area contributed by atoms with Gasteiger partial charge in [0.15, 0.2) is 0 Å². The van der Waals surface area contributed by atoms with Gasteiger partial charge in [0.25, 0.3) is 0 Å². The molecule has 1 aliphatic heterocycles. The Bertz CT molecular complexity index is 175. The predicted octanol–water partition coefficient (Wildman–Crippen LogP) is 2.67. The van der Waals surface area contributed by atoms with E-state index < -0.39 is 0 Å². The summed E-state index contributed by atoms with van der Waals surface area (Å²) in [7, 11) is 0. The zero-order valence-electron chi connectivity index (χ0n) is 7.23. The molecule has 0 aromatic heterocycles. The summed E-state index contributed by atoms with van der Waals surface area (Å²) in [6.45, 7) is 3.20. The van der Waals surface area contributed by atoms with Gasteiger partial charge in [0, 0.05) is 6.61 Å². The average Bonchev–Trinajstić information content (AvgIpc) is 2.37. The highest BCUT2D eigenvalue weighted by Gasteiger charge is 2.34. The minimum absolute atomic E-state index is 0.183. The normalized spacial score (nSPS) is 37.7. The van der Waals surface area contributed by atoms with Crippen molar-refractivity contribution in [2.45, 2.75) is 44.6 Å². The molecule has 1 nitrogen and oxygen atoms in total. The van der Waals surface area contributed by atoms with Crippen molar-refractivity contribution in [1.82, 2.24) is 0 Å². The van der Waals surface area contributed by atoms with Gasteiger partial charge in [-0.2, -0.15) is 0 Å². The largest absolute Gasteiger partial charge is 0.371 e. The minimum Gasteiger partial charge on any atom is -0.371 e. The Morgan fingerprint density at radius 1 is 1.36 bits per heavy atom. The van der Waals surface area contributed by atoms with E-state index >= 15 is 0 Å². The summed E-state index contributed by atoms with van der Waals surface area (Å²) < 4.78 is 5.78. The summed E-state index contributed by atoms with van der Waals surface area (Å²) in [6, 6.07) is 0. The summed E-state index contributed by atoms with van der Waals surface area (Å²) >= 11 is 0. The van der Waals surface area contributed by atoms with Crippen LogP contribution in [0, 0.1) is 0 Å². The maximum Gasteiger partial charge on any atom is 0.0865 e. The Morgan fingerprint density at radius 2 is 2.18 bits per heavy atom. The lowest BCUT2D eigenvalue weighted by Gasteiger charge is -2.29. The molecule has 1 spiro atoms. The van der Waals surface area contributed by atoms with Crippen molar-refractivity contribution < 1.29 is 4.74 Å². The van der Waals surface area contributed by atoms with Crippen molar-refractivity contribution in [3.05, 3.63) is 11.6 Å². The van der Waals surface area contributed by atoms with E-state index in [2.05, 4.69) is 13.0 Å². The Kier molecular flexibility index (Phi) is 1.76. The molecule has 0 saturated carbocycles. The average molecular weight is 152 g/mol. The van der Waals surface area contributed by atoms with Crippen LogP contribution in [0.2, 0.25) is 0 Å². The Labute approximate surface area is 68.4 Å². The first-order valence-electron chi connectivity index (χ1n) is 4.63. The third-order valence-corrected chi connectivity index (χ3v) is 2.81. The number of allylic oxidation sites excluding steroid dienone is 1. The number of hydrogen-bond donors (Lipinski definition) is 0. The molecule has 1 fully saturated rings. The Hall–Kier alpha value is -0.300. The zero-order valence-corrected chi connectivity index (χ0v) is 7.23. The Balaban J connectivity index is 2.17. The molecule has 62 valence electrons. The van der Waals surface area contributed by atoms with Crippen LogP contribution in [0.1, 0.15) is 39.0 Å². The van der Waals surface area contributed by atoms with E-state index in [0.717, 1.165) is 6.61 Å². The Morgan fingerprint density at radius 3 is 2.82 bits per heavy atom. The van der Waals surface area contributed by atoms with Crippen molar-refractivity contribution in [3.63, 3.8) is 0 Å². The lowest BCUT2D eigenvalue weighted by molar-refractivity contribution is 0.0321. The van der Waals surface area contributed by atoms with Gasteiger partial charge < -0.3 is 4.74 Å². The topological polar surface area (TPSA) is 9.23 Å². The van der Waals surface area contributed by atoms with E-state index in [1.807, 2.05) is 0 Å². The highest BCUT2D eigenvalue weighted by Crippen LogP contribution is 2.37. The first-order valence-corrected chi connectivity index (χ1v) is 4.63. The molecule has 0 aromatic carbocycles. The van der Waals surface area contributed by atoms with Crippen LogP contribution in [0.25, 0.3) is 0 Å². The molecule has 1 aliphatic carbocycles. The smallest absolute Gasteiger partial charge is 0.0865 e. The van der Waals surface area contributed by atoms with Gasteiger partial charge in [-0.05, 0) is 39.0 Å². The van der Waals surface area contributed by atoms with Crippen molar-refractivity contribution in [2.75, 3.05) is 6.61 Å². The third kappa shape index (κ3) is 1.34. The lowest BCUT2D eigenvalue weighted by atomic mass is 9.85. The molecular weight excluding hydrogens is 136 g/mol. The first-order chi connectivity index (χ1) is 5.31. The molecule has 1 heteroatoms. The van der Waals surface area contributed by atoms with Crippen LogP contribution in [-0.2, 0) is 4.74 Å². The molecule has 1 heterocycles. The molecule has 1 saturated heterocycles. The van der Waals surface area contributed by atoms with Gasteiger partial charge in [0.2, 0.25) is 0 Å². The van der Waals surface area contributed by atoms with Gasteiger partial charge in [0.1, 0.15) is 0 Å². The third-order valence-electron chi connectivity index (χ3n) is 2.81. The SMILES string of the molecule is CC1=CC2(CCCO2)CCC1. The van der Waals surface area contributed by atoms with E-state index in [1.54, 1.807) is 0 Å². The standard InChI is InChI=1S/C10H16O/c1-9-4-2-5-10(8-9)6-3-7-11-10/h8H,2-7H2,1H3. The van der Waals surface area contributed by atoms with Gasteiger partial charge >= 0.3 is 0 Å². The van der Waals surface area contributed by atoms with Crippen LogP contribution in [0.3, 0.4) is 0 Å².